The van der Waals surface area contributed by atoms with Crippen LogP contribution in [0.25, 0.3) is 0 Å². The second-order valence-corrected chi connectivity index (χ2v) is 6.43. The Bertz CT molecular complexity index is 421. The third kappa shape index (κ3) is 4.35. The first-order valence-corrected chi connectivity index (χ1v) is 7.71. The summed E-state index contributed by atoms with van der Waals surface area (Å²) in [6, 6.07) is 6.38. The molecule has 0 radical (unpaired) electrons. The van der Waals surface area contributed by atoms with Gasteiger partial charge in [-0.2, -0.15) is 0 Å². The van der Waals surface area contributed by atoms with Crippen LogP contribution in [0.4, 0.5) is 0 Å². The van der Waals surface area contributed by atoms with Crippen molar-refractivity contribution in [1.29, 1.82) is 0 Å². The van der Waals surface area contributed by atoms with Gasteiger partial charge < -0.3 is 10.2 Å². The molecule has 2 rings (SSSR count). The zero-order valence-corrected chi connectivity index (χ0v) is 13.1. The monoisotopic (exact) mass is 300 g/mol. The van der Waals surface area contributed by atoms with E-state index in [1.165, 1.54) is 5.56 Å². The SMILES string of the molecule is CC(C)C1CN(CCc2ccc(Cl)cc2Cl)CCN1. The normalized spacial score (nSPS) is 21.0. The fourth-order valence-electron chi connectivity index (χ4n) is 2.49. The molecule has 1 aliphatic heterocycles. The summed E-state index contributed by atoms with van der Waals surface area (Å²) in [5.41, 5.74) is 1.19. The summed E-state index contributed by atoms with van der Waals surface area (Å²) < 4.78 is 0. The number of hydrogen-bond acceptors (Lipinski definition) is 2. The molecule has 4 heteroatoms. The van der Waals surface area contributed by atoms with E-state index in [4.69, 9.17) is 23.2 Å². The van der Waals surface area contributed by atoms with Crippen LogP contribution in [0.2, 0.25) is 10.0 Å². The van der Waals surface area contributed by atoms with Gasteiger partial charge in [-0.1, -0.05) is 43.1 Å². The van der Waals surface area contributed by atoms with Crippen LogP contribution >= 0.6 is 23.2 Å². The molecule has 0 spiro atoms. The van der Waals surface area contributed by atoms with Crippen molar-refractivity contribution in [3.05, 3.63) is 33.8 Å². The lowest BCUT2D eigenvalue weighted by Crippen LogP contribution is -2.53. The van der Waals surface area contributed by atoms with Crippen LogP contribution in [-0.4, -0.2) is 37.1 Å². The fraction of sp³-hybridized carbons (Fsp3) is 0.600. The smallest absolute Gasteiger partial charge is 0.0453 e. The Kier molecular flexibility index (Phi) is 5.52. The highest BCUT2D eigenvalue weighted by Crippen LogP contribution is 2.21. The summed E-state index contributed by atoms with van der Waals surface area (Å²) in [7, 11) is 0. The van der Waals surface area contributed by atoms with Gasteiger partial charge in [-0.3, -0.25) is 0 Å². The van der Waals surface area contributed by atoms with E-state index in [0.29, 0.717) is 17.0 Å². The van der Waals surface area contributed by atoms with Crippen molar-refractivity contribution < 1.29 is 0 Å². The minimum Gasteiger partial charge on any atom is -0.311 e. The zero-order chi connectivity index (χ0) is 13.8. The highest BCUT2D eigenvalue weighted by Gasteiger charge is 2.21. The molecule has 0 aliphatic carbocycles. The highest BCUT2D eigenvalue weighted by molar-refractivity contribution is 6.35. The molecular weight excluding hydrogens is 279 g/mol. The van der Waals surface area contributed by atoms with Gasteiger partial charge in [0.05, 0.1) is 0 Å². The molecule has 0 saturated carbocycles. The van der Waals surface area contributed by atoms with Gasteiger partial charge in [0.1, 0.15) is 0 Å². The van der Waals surface area contributed by atoms with Gasteiger partial charge in [-0.05, 0) is 30.0 Å². The topological polar surface area (TPSA) is 15.3 Å². The molecule has 1 N–H and O–H groups in total. The Morgan fingerprint density at radius 2 is 2.16 bits per heavy atom. The maximum absolute atomic E-state index is 6.21. The minimum absolute atomic E-state index is 0.606. The third-order valence-electron chi connectivity index (χ3n) is 3.81. The number of nitrogens with zero attached hydrogens (tertiary/aromatic N) is 1. The van der Waals surface area contributed by atoms with Crippen molar-refractivity contribution in [3.8, 4) is 0 Å². The molecule has 2 nitrogen and oxygen atoms in total. The van der Waals surface area contributed by atoms with Gasteiger partial charge in [0.2, 0.25) is 0 Å². The quantitative estimate of drug-likeness (QED) is 0.916. The molecule has 1 aromatic carbocycles. The third-order valence-corrected chi connectivity index (χ3v) is 4.39. The molecular formula is C15H22Cl2N2. The van der Waals surface area contributed by atoms with Gasteiger partial charge in [-0.15, -0.1) is 0 Å². The molecule has 1 aliphatic rings. The van der Waals surface area contributed by atoms with E-state index in [-0.39, 0.29) is 0 Å². The van der Waals surface area contributed by atoms with Gasteiger partial charge in [0.15, 0.2) is 0 Å². The van der Waals surface area contributed by atoms with Crippen LogP contribution in [0.5, 0.6) is 0 Å². The summed E-state index contributed by atoms with van der Waals surface area (Å²) in [6.45, 7) is 8.94. The Hall–Kier alpha value is -0.280. The summed E-state index contributed by atoms with van der Waals surface area (Å²) in [6.07, 6.45) is 0.987. The highest BCUT2D eigenvalue weighted by atomic mass is 35.5. The van der Waals surface area contributed by atoms with Crippen molar-refractivity contribution in [1.82, 2.24) is 10.2 Å². The first-order chi connectivity index (χ1) is 9.06. The van der Waals surface area contributed by atoms with Crippen LogP contribution in [0, 0.1) is 5.92 Å². The molecule has 0 bridgehead atoms. The molecule has 1 aromatic rings. The van der Waals surface area contributed by atoms with E-state index >= 15 is 0 Å². The lowest BCUT2D eigenvalue weighted by Gasteiger charge is -2.35. The van der Waals surface area contributed by atoms with Gasteiger partial charge in [0, 0.05) is 42.3 Å². The first kappa shape index (κ1) is 15.1. The fourth-order valence-corrected chi connectivity index (χ4v) is 3.00. The predicted octanol–water partition coefficient (Wildman–Crippen LogP) is 3.47. The number of benzene rings is 1. The molecule has 1 atom stereocenters. The Labute approximate surface area is 126 Å². The second kappa shape index (κ2) is 6.94. The average Bonchev–Trinajstić information content (AvgIpc) is 2.38. The van der Waals surface area contributed by atoms with Crippen molar-refractivity contribution in [2.75, 3.05) is 26.2 Å². The number of halogens is 2. The first-order valence-electron chi connectivity index (χ1n) is 6.96. The Balaban J connectivity index is 1.88. The number of rotatable bonds is 4. The molecule has 106 valence electrons. The molecule has 0 amide bonds. The van der Waals surface area contributed by atoms with E-state index in [0.717, 1.165) is 37.6 Å². The van der Waals surface area contributed by atoms with Crippen molar-refractivity contribution in [2.45, 2.75) is 26.3 Å². The largest absolute Gasteiger partial charge is 0.311 e. The van der Waals surface area contributed by atoms with E-state index in [2.05, 4.69) is 24.1 Å². The van der Waals surface area contributed by atoms with Crippen LogP contribution in [-0.2, 0) is 6.42 Å². The molecule has 1 heterocycles. The van der Waals surface area contributed by atoms with Crippen LogP contribution < -0.4 is 5.32 Å². The summed E-state index contributed by atoms with van der Waals surface area (Å²) >= 11 is 12.1. The van der Waals surface area contributed by atoms with Crippen LogP contribution in [0.3, 0.4) is 0 Å². The average molecular weight is 301 g/mol. The molecule has 1 saturated heterocycles. The Morgan fingerprint density at radius 1 is 1.37 bits per heavy atom. The van der Waals surface area contributed by atoms with E-state index in [9.17, 15) is 0 Å². The van der Waals surface area contributed by atoms with Gasteiger partial charge in [0.25, 0.3) is 0 Å². The lowest BCUT2D eigenvalue weighted by atomic mass is 10.0. The van der Waals surface area contributed by atoms with Gasteiger partial charge in [-0.25, -0.2) is 0 Å². The van der Waals surface area contributed by atoms with E-state index in [1.54, 1.807) is 0 Å². The molecule has 1 fully saturated rings. The zero-order valence-electron chi connectivity index (χ0n) is 11.6. The standard InChI is InChI=1S/C15H22Cl2N2/c1-11(2)15-10-19(8-6-18-15)7-5-12-3-4-13(16)9-14(12)17/h3-4,9,11,15,18H,5-8,10H2,1-2H3. The molecule has 19 heavy (non-hydrogen) atoms. The summed E-state index contributed by atoms with van der Waals surface area (Å²) in [5, 5.41) is 5.07. The minimum atomic E-state index is 0.606. The predicted molar refractivity (Wildman–Crippen MR) is 83.2 cm³/mol. The summed E-state index contributed by atoms with van der Waals surface area (Å²) in [5.74, 6) is 0.682. The second-order valence-electron chi connectivity index (χ2n) is 5.59. The molecule has 1 unspecified atom stereocenters. The maximum atomic E-state index is 6.21. The van der Waals surface area contributed by atoms with E-state index in [1.807, 2.05) is 18.2 Å². The van der Waals surface area contributed by atoms with Crippen molar-refractivity contribution in [3.63, 3.8) is 0 Å². The van der Waals surface area contributed by atoms with Crippen molar-refractivity contribution >= 4 is 23.2 Å². The number of nitrogens with one attached hydrogen (secondary N) is 1. The van der Waals surface area contributed by atoms with Crippen LogP contribution in [0.15, 0.2) is 18.2 Å². The summed E-state index contributed by atoms with van der Waals surface area (Å²) in [4.78, 5) is 2.52. The van der Waals surface area contributed by atoms with Crippen molar-refractivity contribution in [2.24, 2.45) is 5.92 Å². The van der Waals surface area contributed by atoms with E-state index < -0.39 is 0 Å². The molecule has 0 aromatic heterocycles. The number of hydrogen-bond donors (Lipinski definition) is 1. The van der Waals surface area contributed by atoms with Crippen LogP contribution in [0.1, 0.15) is 19.4 Å². The van der Waals surface area contributed by atoms with Gasteiger partial charge >= 0.3 is 0 Å². The Morgan fingerprint density at radius 3 is 2.84 bits per heavy atom. The lowest BCUT2D eigenvalue weighted by molar-refractivity contribution is 0.177. The number of piperazine rings is 1. The maximum Gasteiger partial charge on any atom is 0.0453 e.